The van der Waals surface area contributed by atoms with Crippen LogP contribution in [0, 0.1) is 6.92 Å². The third kappa shape index (κ3) is 9.05. The van der Waals surface area contributed by atoms with Crippen molar-refractivity contribution in [2.24, 2.45) is 0 Å². The van der Waals surface area contributed by atoms with Crippen LogP contribution >= 0.6 is 0 Å². The molecule has 236 valence electrons. The molecular weight excluding hydrogens is 582 g/mol. The number of nitrogens with zero attached hydrogens (tertiary/aromatic N) is 2. The summed E-state index contributed by atoms with van der Waals surface area (Å²) in [5.41, 5.74) is 4.21. The molecule has 0 aromatic heterocycles. The molecule has 1 atom stereocenters. The topological polar surface area (TPSA) is 86.8 Å². The molecular formula is C37H43N3O4S. The van der Waals surface area contributed by atoms with Crippen LogP contribution < -0.4 is 9.62 Å². The maximum Gasteiger partial charge on any atom is 0.264 e. The number of carbonyl (C=O) groups excluding carboxylic acids is 2. The number of hydrogen-bond donors (Lipinski definition) is 1. The van der Waals surface area contributed by atoms with E-state index in [1.807, 2.05) is 80.6 Å². The number of amides is 2. The van der Waals surface area contributed by atoms with Crippen molar-refractivity contribution in [3.8, 4) is 0 Å². The Balaban J connectivity index is 1.78. The van der Waals surface area contributed by atoms with Gasteiger partial charge in [-0.15, -0.1) is 0 Å². The summed E-state index contributed by atoms with van der Waals surface area (Å²) in [6.45, 7) is 6.22. The maximum atomic E-state index is 14.5. The molecule has 2 amide bonds. The Kier molecular flexibility index (Phi) is 11.9. The average molecular weight is 626 g/mol. The van der Waals surface area contributed by atoms with Gasteiger partial charge >= 0.3 is 0 Å². The molecule has 0 aliphatic carbocycles. The summed E-state index contributed by atoms with van der Waals surface area (Å²) in [7, 11) is -4.12. The van der Waals surface area contributed by atoms with Crippen LogP contribution in [0.4, 0.5) is 5.69 Å². The summed E-state index contributed by atoms with van der Waals surface area (Å²) in [6.07, 6.45) is 2.81. The summed E-state index contributed by atoms with van der Waals surface area (Å²) in [4.78, 5) is 30.0. The molecule has 0 spiro atoms. The van der Waals surface area contributed by atoms with Gasteiger partial charge in [0, 0.05) is 19.5 Å². The minimum atomic E-state index is -4.12. The predicted octanol–water partition coefficient (Wildman–Crippen LogP) is 6.31. The Labute approximate surface area is 268 Å². The normalized spacial score (nSPS) is 11.9. The fourth-order valence-electron chi connectivity index (χ4n) is 5.21. The van der Waals surface area contributed by atoms with Crippen molar-refractivity contribution in [1.82, 2.24) is 10.2 Å². The van der Waals surface area contributed by atoms with Crippen LogP contribution in [0.2, 0.25) is 0 Å². The Morgan fingerprint density at radius 3 is 2.04 bits per heavy atom. The van der Waals surface area contributed by atoms with Crippen molar-refractivity contribution in [3.63, 3.8) is 0 Å². The summed E-state index contributed by atoms with van der Waals surface area (Å²) >= 11 is 0. The highest BCUT2D eigenvalue weighted by Gasteiger charge is 2.34. The van der Waals surface area contributed by atoms with Crippen LogP contribution in [0.25, 0.3) is 0 Å². The Morgan fingerprint density at radius 1 is 0.778 bits per heavy atom. The van der Waals surface area contributed by atoms with Gasteiger partial charge in [0.25, 0.3) is 10.0 Å². The number of hydrogen-bond acceptors (Lipinski definition) is 4. The summed E-state index contributed by atoms with van der Waals surface area (Å²) in [5, 5.41) is 3.03. The molecule has 0 unspecified atom stereocenters. The van der Waals surface area contributed by atoms with Crippen LogP contribution in [0.15, 0.2) is 114 Å². The van der Waals surface area contributed by atoms with Crippen molar-refractivity contribution >= 4 is 27.5 Å². The van der Waals surface area contributed by atoms with E-state index in [0.717, 1.165) is 45.8 Å². The average Bonchev–Trinajstić information content (AvgIpc) is 3.06. The van der Waals surface area contributed by atoms with E-state index >= 15 is 0 Å². The van der Waals surface area contributed by atoms with Gasteiger partial charge in [-0.3, -0.25) is 13.9 Å². The standard InChI is InChI=1S/C37H43N3O4S/c1-4-6-24-38-37(42)35(26-31-15-9-7-10-16-31)39(27-32-17-13-14-29(3)25-32)36(41)28-40(33-22-20-30(5-2)21-23-33)45(43,44)34-18-11-8-12-19-34/h7-23,25,35H,4-6,24,26-28H2,1-3H3,(H,38,42)/t35-/m1/s1. The lowest BCUT2D eigenvalue weighted by Gasteiger charge is -2.34. The van der Waals surface area contributed by atoms with E-state index < -0.39 is 28.5 Å². The molecule has 1 N–H and O–H groups in total. The Morgan fingerprint density at radius 2 is 1.42 bits per heavy atom. The molecule has 0 heterocycles. The van der Waals surface area contributed by atoms with Gasteiger partial charge in [-0.2, -0.15) is 0 Å². The molecule has 7 nitrogen and oxygen atoms in total. The molecule has 8 heteroatoms. The number of sulfonamides is 1. The van der Waals surface area contributed by atoms with Gasteiger partial charge in [0.05, 0.1) is 10.6 Å². The van der Waals surface area contributed by atoms with Crippen molar-refractivity contribution in [2.75, 3.05) is 17.4 Å². The number of unbranched alkanes of at least 4 members (excludes halogenated alkanes) is 1. The number of nitrogens with one attached hydrogen (secondary N) is 1. The third-order valence-corrected chi connectivity index (χ3v) is 9.57. The Bertz CT molecular complexity index is 1640. The molecule has 4 rings (SSSR count). The third-order valence-electron chi connectivity index (χ3n) is 7.78. The van der Waals surface area contributed by atoms with Gasteiger partial charge in [0.1, 0.15) is 12.6 Å². The first-order valence-electron chi connectivity index (χ1n) is 15.6. The number of anilines is 1. The van der Waals surface area contributed by atoms with Crippen LogP contribution in [-0.2, 0) is 39.0 Å². The molecule has 4 aromatic rings. The van der Waals surface area contributed by atoms with Crippen molar-refractivity contribution in [3.05, 3.63) is 131 Å². The zero-order valence-corrected chi connectivity index (χ0v) is 27.2. The molecule has 4 aromatic carbocycles. The van der Waals surface area contributed by atoms with E-state index in [-0.39, 0.29) is 23.8 Å². The highest BCUT2D eigenvalue weighted by atomic mass is 32.2. The van der Waals surface area contributed by atoms with Crippen molar-refractivity contribution in [2.45, 2.75) is 63.9 Å². The first-order valence-corrected chi connectivity index (χ1v) is 17.0. The Hall–Kier alpha value is -4.43. The van der Waals surface area contributed by atoms with Crippen molar-refractivity contribution < 1.29 is 18.0 Å². The lowest BCUT2D eigenvalue weighted by molar-refractivity contribution is -0.140. The lowest BCUT2D eigenvalue weighted by atomic mass is 10.0. The second-order valence-corrected chi connectivity index (χ2v) is 13.1. The largest absolute Gasteiger partial charge is 0.354 e. The number of carbonyl (C=O) groups is 2. The number of aryl methyl sites for hydroxylation is 2. The lowest BCUT2D eigenvalue weighted by Crippen LogP contribution is -2.53. The van der Waals surface area contributed by atoms with Gasteiger partial charge in [0.2, 0.25) is 11.8 Å². The van der Waals surface area contributed by atoms with Gasteiger partial charge in [-0.05, 0) is 60.7 Å². The van der Waals surface area contributed by atoms with Gasteiger partial charge in [-0.25, -0.2) is 8.42 Å². The smallest absolute Gasteiger partial charge is 0.264 e. The highest BCUT2D eigenvalue weighted by Crippen LogP contribution is 2.26. The van der Waals surface area contributed by atoms with E-state index in [1.165, 1.54) is 17.0 Å². The second kappa shape index (κ2) is 16.0. The predicted molar refractivity (Wildman–Crippen MR) is 180 cm³/mol. The van der Waals surface area contributed by atoms with Crippen LogP contribution in [0.3, 0.4) is 0 Å². The molecule has 0 aliphatic rings. The second-order valence-electron chi connectivity index (χ2n) is 11.2. The fourth-order valence-corrected chi connectivity index (χ4v) is 6.65. The molecule has 45 heavy (non-hydrogen) atoms. The summed E-state index contributed by atoms with van der Waals surface area (Å²) in [5.74, 6) is -0.736. The summed E-state index contributed by atoms with van der Waals surface area (Å²) in [6, 6.07) is 31.9. The quantitative estimate of drug-likeness (QED) is 0.157. The minimum Gasteiger partial charge on any atom is -0.354 e. The minimum absolute atomic E-state index is 0.0840. The molecule has 0 aliphatic heterocycles. The number of benzene rings is 4. The maximum absolute atomic E-state index is 14.5. The van der Waals surface area contributed by atoms with Gasteiger partial charge in [-0.1, -0.05) is 111 Å². The molecule has 0 fully saturated rings. The van der Waals surface area contributed by atoms with Gasteiger partial charge < -0.3 is 10.2 Å². The van der Waals surface area contributed by atoms with E-state index in [9.17, 15) is 18.0 Å². The molecule has 0 saturated heterocycles. The van der Waals surface area contributed by atoms with Crippen LogP contribution in [0.1, 0.15) is 48.9 Å². The first kappa shape index (κ1) is 33.5. The zero-order chi connectivity index (χ0) is 32.2. The zero-order valence-electron chi connectivity index (χ0n) is 26.4. The monoisotopic (exact) mass is 625 g/mol. The first-order chi connectivity index (χ1) is 21.7. The van der Waals surface area contributed by atoms with E-state index in [2.05, 4.69) is 12.2 Å². The summed E-state index contributed by atoms with van der Waals surface area (Å²) < 4.78 is 29.3. The molecule has 0 bridgehead atoms. The van der Waals surface area contributed by atoms with Gasteiger partial charge in [0.15, 0.2) is 0 Å². The van der Waals surface area contributed by atoms with E-state index in [4.69, 9.17) is 0 Å². The molecule has 0 saturated carbocycles. The van der Waals surface area contributed by atoms with Crippen LogP contribution in [-0.4, -0.2) is 44.3 Å². The SMILES string of the molecule is CCCCNC(=O)[C@@H](Cc1ccccc1)N(Cc1cccc(C)c1)C(=O)CN(c1ccc(CC)cc1)S(=O)(=O)c1ccccc1. The molecule has 0 radical (unpaired) electrons. The van der Waals surface area contributed by atoms with E-state index in [1.54, 1.807) is 30.3 Å². The highest BCUT2D eigenvalue weighted by molar-refractivity contribution is 7.92. The number of rotatable bonds is 15. The van der Waals surface area contributed by atoms with E-state index in [0.29, 0.717) is 12.2 Å². The van der Waals surface area contributed by atoms with Crippen LogP contribution in [0.5, 0.6) is 0 Å². The fraction of sp³-hybridized carbons (Fsp3) is 0.297. The van der Waals surface area contributed by atoms with Crippen molar-refractivity contribution in [1.29, 1.82) is 0 Å².